The van der Waals surface area contributed by atoms with Crippen molar-refractivity contribution in [1.29, 1.82) is 0 Å². The van der Waals surface area contributed by atoms with Crippen LogP contribution in [0.25, 0.3) is 0 Å². The third-order valence-corrected chi connectivity index (χ3v) is 2.97. The van der Waals surface area contributed by atoms with Crippen molar-refractivity contribution in [2.24, 2.45) is 0 Å². The smallest absolute Gasteiger partial charge is 0.224 e. The number of nitrogens with zero attached hydrogens (tertiary/aromatic N) is 2. The third-order valence-electron chi connectivity index (χ3n) is 2.97. The number of hydrogen-bond donors (Lipinski definition) is 3. The van der Waals surface area contributed by atoms with Crippen LogP contribution in [0.4, 0.5) is 11.8 Å². The minimum absolute atomic E-state index is 0.0606. The average Bonchev–Trinajstić information content (AvgIpc) is 2.42. The quantitative estimate of drug-likeness (QED) is 0.677. The van der Waals surface area contributed by atoms with E-state index in [1.165, 1.54) is 0 Å². The summed E-state index contributed by atoms with van der Waals surface area (Å²) in [7, 11) is 0. The van der Waals surface area contributed by atoms with Gasteiger partial charge in [0, 0.05) is 37.3 Å². The van der Waals surface area contributed by atoms with Gasteiger partial charge in [-0.2, -0.15) is 4.98 Å². The Morgan fingerprint density at radius 1 is 1.35 bits per heavy atom. The Kier molecular flexibility index (Phi) is 6.76. The van der Waals surface area contributed by atoms with Gasteiger partial charge >= 0.3 is 0 Å². The monoisotopic (exact) mass is 279 g/mol. The van der Waals surface area contributed by atoms with Gasteiger partial charge in [0.05, 0.1) is 0 Å². The van der Waals surface area contributed by atoms with Crippen LogP contribution in [0.2, 0.25) is 0 Å². The fraction of sp³-hybridized carbons (Fsp3) is 0.643. The summed E-state index contributed by atoms with van der Waals surface area (Å²) < 4.78 is 0. The minimum Gasteiger partial charge on any atom is -0.369 e. The zero-order chi connectivity index (χ0) is 15.0. The molecule has 0 aliphatic carbocycles. The van der Waals surface area contributed by atoms with Gasteiger partial charge in [-0.15, -0.1) is 0 Å². The topological polar surface area (TPSA) is 78.9 Å². The molecule has 0 aliphatic heterocycles. The Bertz CT molecular complexity index is 436. The molecule has 1 rings (SSSR count). The number of aryl methyl sites for hydroxylation is 1. The summed E-state index contributed by atoms with van der Waals surface area (Å²) in [5, 5.41) is 9.19. The normalized spacial score (nSPS) is 11.8. The Hall–Kier alpha value is -1.85. The number of nitrogens with one attached hydrogen (secondary N) is 3. The Morgan fingerprint density at radius 3 is 2.75 bits per heavy atom. The molecule has 1 unspecified atom stereocenters. The second-order valence-electron chi connectivity index (χ2n) is 4.81. The van der Waals surface area contributed by atoms with E-state index in [0.717, 1.165) is 24.3 Å². The van der Waals surface area contributed by atoms with Gasteiger partial charge in [-0.25, -0.2) is 4.98 Å². The number of rotatable bonds is 8. The Labute approximate surface area is 120 Å². The molecule has 0 saturated carbocycles. The highest BCUT2D eigenvalue weighted by Crippen LogP contribution is 2.12. The molecule has 6 heteroatoms. The van der Waals surface area contributed by atoms with Crippen molar-refractivity contribution in [2.75, 3.05) is 23.7 Å². The number of aromatic nitrogens is 2. The predicted molar refractivity (Wildman–Crippen MR) is 81.9 cm³/mol. The molecule has 6 nitrogen and oxygen atoms in total. The van der Waals surface area contributed by atoms with E-state index in [1.54, 1.807) is 6.20 Å². The van der Waals surface area contributed by atoms with Gasteiger partial charge in [0.1, 0.15) is 5.82 Å². The fourth-order valence-corrected chi connectivity index (χ4v) is 1.61. The maximum atomic E-state index is 11.7. The van der Waals surface area contributed by atoms with E-state index in [1.807, 2.05) is 20.8 Å². The standard InChI is InChI=1S/C14H25N5O/c1-5-11(4)18-12(20)7-8-16-13-10(3)9-17-14(19-13)15-6-2/h9,11H,5-8H2,1-4H3,(H,18,20)(H2,15,16,17,19). The lowest BCUT2D eigenvalue weighted by atomic mass is 10.2. The second-order valence-corrected chi connectivity index (χ2v) is 4.81. The Morgan fingerprint density at radius 2 is 2.10 bits per heavy atom. The minimum atomic E-state index is 0.0606. The predicted octanol–water partition coefficient (Wildman–Crippen LogP) is 1.93. The van der Waals surface area contributed by atoms with Crippen molar-refractivity contribution >= 4 is 17.7 Å². The van der Waals surface area contributed by atoms with Crippen LogP contribution in [-0.4, -0.2) is 35.0 Å². The molecule has 1 atom stereocenters. The molecule has 0 aromatic carbocycles. The highest BCUT2D eigenvalue weighted by molar-refractivity contribution is 5.76. The summed E-state index contributed by atoms with van der Waals surface area (Å²) in [6.07, 6.45) is 3.15. The van der Waals surface area contributed by atoms with Gasteiger partial charge in [0.2, 0.25) is 11.9 Å². The van der Waals surface area contributed by atoms with Gasteiger partial charge in [0.25, 0.3) is 0 Å². The van der Waals surface area contributed by atoms with Crippen LogP contribution in [0.15, 0.2) is 6.20 Å². The van der Waals surface area contributed by atoms with Crippen molar-refractivity contribution < 1.29 is 4.79 Å². The highest BCUT2D eigenvalue weighted by Gasteiger charge is 2.07. The summed E-state index contributed by atoms with van der Waals surface area (Å²) in [5.41, 5.74) is 0.967. The lowest BCUT2D eigenvalue weighted by molar-refractivity contribution is -0.121. The molecule has 1 heterocycles. The highest BCUT2D eigenvalue weighted by atomic mass is 16.1. The molecule has 0 bridgehead atoms. The van der Waals surface area contributed by atoms with Crippen LogP contribution < -0.4 is 16.0 Å². The molecule has 0 spiro atoms. The van der Waals surface area contributed by atoms with Gasteiger partial charge in [-0.05, 0) is 27.2 Å². The van der Waals surface area contributed by atoms with Gasteiger partial charge in [-0.1, -0.05) is 6.92 Å². The first-order valence-corrected chi connectivity index (χ1v) is 7.17. The molecule has 112 valence electrons. The second kappa shape index (κ2) is 8.35. The summed E-state index contributed by atoms with van der Waals surface area (Å²) >= 11 is 0. The van der Waals surface area contributed by atoms with E-state index in [9.17, 15) is 4.79 Å². The molecule has 1 aromatic heterocycles. The number of carbonyl (C=O) groups is 1. The number of amides is 1. The Balaban J connectivity index is 2.45. The van der Waals surface area contributed by atoms with E-state index >= 15 is 0 Å². The molecule has 0 aliphatic rings. The first-order chi connectivity index (χ1) is 9.56. The summed E-state index contributed by atoms with van der Waals surface area (Å²) in [5.74, 6) is 1.43. The number of anilines is 2. The van der Waals surface area contributed by atoms with Crippen molar-refractivity contribution in [3.8, 4) is 0 Å². The van der Waals surface area contributed by atoms with Crippen molar-refractivity contribution in [3.63, 3.8) is 0 Å². The summed E-state index contributed by atoms with van der Waals surface area (Å²) in [6, 6.07) is 0.226. The van der Waals surface area contributed by atoms with Gasteiger partial charge in [-0.3, -0.25) is 4.79 Å². The zero-order valence-corrected chi connectivity index (χ0v) is 12.8. The van der Waals surface area contributed by atoms with Gasteiger partial charge < -0.3 is 16.0 Å². The van der Waals surface area contributed by atoms with Crippen molar-refractivity contribution in [1.82, 2.24) is 15.3 Å². The zero-order valence-electron chi connectivity index (χ0n) is 12.8. The molecule has 20 heavy (non-hydrogen) atoms. The van der Waals surface area contributed by atoms with Crippen LogP contribution in [0.1, 0.15) is 39.2 Å². The van der Waals surface area contributed by atoms with Crippen LogP contribution in [-0.2, 0) is 4.79 Å². The van der Waals surface area contributed by atoms with E-state index in [4.69, 9.17) is 0 Å². The van der Waals surface area contributed by atoms with Crippen LogP contribution in [0.3, 0.4) is 0 Å². The molecule has 1 aromatic rings. The molecule has 0 radical (unpaired) electrons. The van der Waals surface area contributed by atoms with Crippen LogP contribution in [0, 0.1) is 6.92 Å². The van der Waals surface area contributed by atoms with E-state index < -0.39 is 0 Å². The van der Waals surface area contributed by atoms with E-state index in [0.29, 0.717) is 18.9 Å². The average molecular weight is 279 g/mol. The summed E-state index contributed by atoms with van der Waals surface area (Å²) in [4.78, 5) is 20.2. The molecule has 0 fully saturated rings. The number of carbonyl (C=O) groups excluding carboxylic acids is 1. The fourth-order valence-electron chi connectivity index (χ4n) is 1.61. The molecular formula is C14H25N5O. The molecule has 1 amide bonds. The molecular weight excluding hydrogens is 254 g/mol. The van der Waals surface area contributed by atoms with E-state index in [-0.39, 0.29) is 11.9 Å². The van der Waals surface area contributed by atoms with Crippen LogP contribution >= 0.6 is 0 Å². The summed E-state index contributed by atoms with van der Waals surface area (Å²) in [6.45, 7) is 9.33. The lowest BCUT2D eigenvalue weighted by Crippen LogP contribution is -2.33. The SMILES string of the molecule is CCNc1ncc(C)c(NCCC(=O)NC(C)CC)n1. The molecule has 0 saturated heterocycles. The largest absolute Gasteiger partial charge is 0.369 e. The first kappa shape index (κ1) is 16.2. The maximum absolute atomic E-state index is 11.7. The van der Waals surface area contributed by atoms with Crippen molar-refractivity contribution in [3.05, 3.63) is 11.8 Å². The van der Waals surface area contributed by atoms with E-state index in [2.05, 4.69) is 32.8 Å². The maximum Gasteiger partial charge on any atom is 0.224 e. The van der Waals surface area contributed by atoms with Gasteiger partial charge in [0.15, 0.2) is 0 Å². The first-order valence-electron chi connectivity index (χ1n) is 7.17. The van der Waals surface area contributed by atoms with Crippen LogP contribution in [0.5, 0.6) is 0 Å². The lowest BCUT2D eigenvalue weighted by Gasteiger charge is -2.13. The van der Waals surface area contributed by atoms with Crippen molar-refractivity contribution in [2.45, 2.75) is 46.6 Å². The third kappa shape index (κ3) is 5.42. The molecule has 3 N–H and O–H groups in total. The number of hydrogen-bond acceptors (Lipinski definition) is 5.